The van der Waals surface area contributed by atoms with Gasteiger partial charge in [0.05, 0.1) is 25.6 Å². The van der Waals surface area contributed by atoms with Gasteiger partial charge in [-0.05, 0) is 18.4 Å². The van der Waals surface area contributed by atoms with Gasteiger partial charge in [0.1, 0.15) is 16.8 Å². The van der Waals surface area contributed by atoms with Crippen molar-refractivity contribution in [2.24, 2.45) is 0 Å². The van der Waals surface area contributed by atoms with Gasteiger partial charge in [0, 0.05) is 19.2 Å². The third kappa shape index (κ3) is 3.71. The zero-order chi connectivity index (χ0) is 24.6. The van der Waals surface area contributed by atoms with Crippen LogP contribution in [0.5, 0.6) is 11.5 Å². The number of H-pyrrole nitrogens is 1. The lowest BCUT2D eigenvalue weighted by atomic mass is 10.1. The number of amides is 1. The molecule has 3 N–H and O–H groups in total. The Morgan fingerprint density at radius 3 is 2.59 bits per heavy atom. The Hall–Kier alpha value is -4.40. The highest BCUT2D eigenvalue weighted by atomic mass is 19.1. The SMILES string of the molecule is C=CC(=O)N1CC[C@H](n2nc(C#Cc3c(F)c(OC)cc(OC)c3F)c3c(N)n[nH]c(=O)c32)C1. The third-order valence-corrected chi connectivity index (χ3v) is 5.53. The summed E-state index contributed by atoms with van der Waals surface area (Å²) < 4.78 is 40.7. The van der Waals surface area contributed by atoms with Gasteiger partial charge in [-0.2, -0.15) is 10.2 Å². The summed E-state index contributed by atoms with van der Waals surface area (Å²) >= 11 is 0. The van der Waals surface area contributed by atoms with E-state index in [0.717, 1.165) is 6.07 Å². The lowest BCUT2D eigenvalue weighted by molar-refractivity contribution is -0.125. The average molecular weight is 470 g/mol. The molecule has 1 atom stereocenters. The largest absolute Gasteiger partial charge is 0.493 e. The van der Waals surface area contributed by atoms with E-state index in [4.69, 9.17) is 15.2 Å². The Bertz CT molecular complexity index is 1410. The van der Waals surface area contributed by atoms with Crippen molar-refractivity contribution in [3.8, 4) is 23.3 Å². The van der Waals surface area contributed by atoms with Gasteiger partial charge in [0.2, 0.25) is 5.91 Å². The van der Waals surface area contributed by atoms with Crippen LogP contribution in [0.2, 0.25) is 0 Å². The van der Waals surface area contributed by atoms with Gasteiger partial charge in [-0.15, -0.1) is 0 Å². The molecule has 1 fully saturated rings. The lowest BCUT2D eigenvalue weighted by Gasteiger charge is -2.14. The van der Waals surface area contributed by atoms with E-state index >= 15 is 0 Å². The van der Waals surface area contributed by atoms with E-state index in [1.54, 1.807) is 4.90 Å². The second-order valence-electron chi connectivity index (χ2n) is 7.42. The van der Waals surface area contributed by atoms with Crippen LogP contribution >= 0.6 is 0 Å². The third-order valence-electron chi connectivity index (χ3n) is 5.53. The number of anilines is 1. The number of methoxy groups -OCH3 is 2. The van der Waals surface area contributed by atoms with Gasteiger partial charge in [0.15, 0.2) is 29.0 Å². The standard InChI is InChI=1S/C22H20F2N6O4/c1-4-16(31)29-8-7-11(10-29)30-20-17(21(25)26-27-22(20)32)13(28-30)6-5-12-18(23)14(33-2)9-15(34-3)19(12)24/h4,9,11H,1,7-8,10H2,2-3H3,(H2,25,26)(H,27,32)/t11-/m0/s1. The first kappa shape index (κ1) is 22.8. The minimum absolute atomic E-state index is 0.000170. The summed E-state index contributed by atoms with van der Waals surface area (Å²) in [7, 11) is 2.45. The van der Waals surface area contributed by atoms with Gasteiger partial charge in [-0.1, -0.05) is 12.5 Å². The van der Waals surface area contributed by atoms with Crippen molar-refractivity contribution in [2.45, 2.75) is 12.5 Å². The van der Waals surface area contributed by atoms with E-state index in [9.17, 15) is 18.4 Å². The Balaban J connectivity index is 1.87. The quantitative estimate of drug-likeness (QED) is 0.435. The van der Waals surface area contributed by atoms with Crippen molar-refractivity contribution < 1.29 is 23.0 Å². The molecule has 3 heterocycles. The van der Waals surface area contributed by atoms with E-state index in [0.29, 0.717) is 13.0 Å². The fourth-order valence-corrected chi connectivity index (χ4v) is 3.85. The number of benzene rings is 1. The zero-order valence-corrected chi connectivity index (χ0v) is 18.3. The maximum absolute atomic E-state index is 14.7. The highest BCUT2D eigenvalue weighted by Gasteiger charge is 2.30. The second kappa shape index (κ2) is 8.86. The number of hydrogen-bond acceptors (Lipinski definition) is 7. The molecule has 176 valence electrons. The van der Waals surface area contributed by atoms with Crippen LogP contribution in [-0.4, -0.2) is 58.1 Å². The van der Waals surface area contributed by atoms with Crippen molar-refractivity contribution >= 4 is 22.6 Å². The Labute approximate surface area is 191 Å². The molecule has 10 nitrogen and oxygen atoms in total. The number of ether oxygens (including phenoxy) is 2. The van der Waals surface area contributed by atoms with Gasteiger partial charge < -0.3 is 20.1 Å². The molecule has 1 aliphatic heterocycles. The van der Waals surface area contributed by atoms with Crippen molar-refractivity contribution in [1.82, 2.24) is 24.9 Å². The van der Waals surface area contributed by atoms with E-state index in [-0.39, 0.29) is 52.4 Å². The molecule has 4 rings (SSSR count). The minimum atomic E-state index is -1.02. The summed E-state index contributed by atoms with van der Waals surface area (Å²) in [4.78, 5) is 26.2. The normalized spacial score (nSPS) is 15.2. The summed E-state index contributed by atoms with van der Waals surface area (Å²) in [6, 6.07) is 0.716. The fourth-order valence-electron chi connectivity index (χ4n) is 3.85. The first-order valence-electron chi connectivity index (χ1n) is 10.1. The number of aromatic nitrogens is 4. The maximum atomic E-state index is 14.7. The van der Waals surface area contributed by atoms with E-state index < -0.39 is 22.8 Å². The minimum Gasteiger partial charge on any atom is -0.493 e. The first-order chi connectivity index (χ1) is 16.3. The predicted octanol–water partition coefficient (Wildman–Crippen LogP) is 1.36. The molecule has 0 unspecified atom stereocenters. The van der Waals surface area contributed by atoms with E-state index in [2.05, 4.69) is 33.7 Å². The molecule has 0 radical (unpaired) electrons. The summed E-state index contributed by atoms with van der Waals surface area (Å²) in [6.07, 6.45) is 1.72. The van der Waals surface area contributed by atoms with E-state index in [1.807, 2.05) is 0 Å². The maximum Gasteiger partial charge on any atom is 0.290 e. The highest BCUT2D eigenvalue weighted by molar-refractivity contribution is 5.92. The van der Waals surface area contributed by atoms with Crippen molar-refractivity contribution in [2.75, 3.05) is 33.0 Å². The molecule has 1 aliphatic rings. The number of nitrogens with zero attached hydrogens (tertiary/aromatic N) is 4. The molecule has 0 bridgehead atoms. The molecule has 12 heteroatoms. The van der Waals surface area contributed by atoms with Crippen molar-refractivity contribution in [3.63, 3.8) is 0 Å². The average Bonchev–Trinajstić information content (AvgIpc) is 3.47. The molecular weight excluding hydrogens is 450 g/mol. The number of fused-ring (bicyclic) bond motifs is 1. The van der Waals surface area contributed by atoms with Crippen molar-refractivity contribution in [3.05, 3.63) is 52.0 Å². The van der Waals surface area contributed by atoms with Gasteiger partial charge in [0.25, 0.3) is 5.56 Å². The molecule has 34 heavy (non-hydrogen) atoms. The van der Waals surface area contributed by atoms with Crippen molar-refractivity contribution in [1.29, 1.82) is 0 Å². The van der Waals surface area contributed by atoms with Gasteiger partial charge >= 0.3 is 0 Å². The zero-order valence-electron chi connectivity index (χ0n) is 18.3. The molecule has 0 spiro atoms. The number of hydrogen-bond donors (Lipinski definition) is 2. The van der Waals surface area contributed by atoms with Crippen LogP contribution < -0.4 is 20.8 Å². The number of nitrogen functional groups attached to an aromatic ring is 1. The monoisotopic (exact) mass is 470 g/mol. The van der Waals surface area contributed by atoms with Gasteiger partial charge in [-0.25, -0.2) is 13.9 Å². The number of likely N-dealkylation sites (tertiary alicyclic amines) is 1. The van der Waals surface area contributed by atoms with Crippen LogP contribution in [0.3, 0.4) is 0 Å². The topological polar surface area (TPSA) is 128 Å². The summed E-state index contributed by atoms with van der Waals surface area (Å²) in [5.74, 6) is 2.16. The number of carbonyl (C=O) groups excluding carboxylic acids is 1. The van der Waals surface area contributed by atoms with Gasteiger partial charge in [-0.3, -0.25) is 14.3 Å². The fraction of sp³-hybridized carbons (Fsp3) is 0.273. The lowest BCUT2D eigenvalue weighted by Crippen LogP contribution is -2.27. The molecule has 0 aliphatic carbocycles. The number of rotatable bonds is 4. The molecule has 3 aromatic rings. The number of carbonyl (C=O) groups is 1. The Morgan fingerprint density at radius 2 is 1.97 bits per heavy atom. The smallest absolute Gasteiger partial charge is 0.290 e. The van der Waals surface area contributed by atoms with E-state index in [1.165, 1.54) is 25.0 Å². The van der Waals surface area contributed by atoms with Crippen LogP contribution in [0.25, 0.3) is 10.9 Å². The number of nitrogens with one attached hydrogen (secondary N) is 1. The summed E-state index contributed by atoms with van der Waals surface area (Å²) in [5, 5.41) is 10.6. The van der Waals surface area contributed by atoms with Crippen LogP contribution in [0.4, 0.5) is 14.6 Å². The van der Waals surface area contributed by atoms with Crippen LogP contribution in [-0.2, 0) is 4.79 Å². The van der Waals surface area contributed by atoms with Crippen LogP contribution in [0.15, 0.2) is 23.5 Å². The predicted molar refractivity (Wildman–Crippen MR) is 118 cm³/mol. The molecule has 1 aromatic carbocycles. The molecule has 1 amide bonds. The molecule has 0 saturated carbocycles. The highest BCUT2D eigenvalue weighted by Crippen LogP contribution is 2.31. The van der Waals surface area contributed by atoms with Crippen LogP contribution in [0.1, 0.15) is 23.7 Å². The summed E-state index contributed by atoms with van der Waals surface area (Å²) in [6.45, 7) is 4.21. The Morgan fingerprint density at radius 1 is 1.29 bits per heavy atom. The first-order valence-corrected chi connectivity index (χ1v) is 10.1. The second-order valence-corrected chi connectivity index (χ2v) is 7.42. The molecule has 2 aromatic heterocycles. The number of nitrogens with two attached hydrogens (primary N) is 1. The Kier molecular flexibility index (Phi) is 5.93. The number of halogens is 2. The molecular formula is C22H20F2N6O4. The number of aromatic amines is 1. The van der Waals surface area contributed by atoms with Crippen LogP contribution in [0, 0.1) is 23.5 Å². The molecule has 1 saturated heterocycles. The summed E-state index contributed by atoms with van der Waals surface area (Å²) in [5.41, 5.74) is 4.91.